The van der Waals surface area contributed by atoms with Gasteiger partial charge < -0.3 is 24.3 Å². The molecule has 1 rings (SSSR count). The highest BCUT2D eigenvalue weighted by Gasteiger charge is 2.19. The summed E-state index contributed by atoms with van der Waals surface area (Å²) in [6.07, 6.45) is 1.34. The molecule has 0 aliphatic rings. The van der Waals surface area contributed by atoms with Gasteiger partial charge in [-0.3, -0.25) is 4.99 Å². The maximum Gasteiger partial charge on any atom is 0.345 e. The van der Waals surface area contributed by atoms with Crippen LogP contribution in [0.4, 0.5) is 5.69 Å². The van der Waals surface area contributed by atoms with Gasteiger partial charge in [0.15, 0.2) is 11.5 Å². The summed E-state index contributed by atoms with van der Waals surface area (Å²) in [7, 11) is 5.53. The van der Waals surface area contributed by atoms with Crippen LogP contribution in [0.2, 0.25) is 0 Å². The maximum atomic E-state index is 11.6. The van der Waals surface area contributed by atoms with E-state index in [1.165, 1.54) is 20.3 Å². The van der Waals surface area contributed by atoms with Crippen LogP contribution in [0.1, 0.15) is 6.92 Å². The zero-order valence-electron chi connectivity index (χ0n) is 15.6. The number of anilines is 1. The Morgan fingerprint density at radius 1 is 1.04 bits per heavy atom. The molecular weight excluding hydrogens is 340 g/mol. The first-order chi connectivity index (χ1) is 12.5. The van der Waals surface area contributed by atoms with Crippen LogP contribution in [0.3, 0.4) is 0 Å². The van der Waals surface area contributed by atoms with E-state index in [1.807, 2.05) is 12.1 Å². The third-order valence-corrected chi connectivity index (χ3v) is 3.35. The summed E-state index contributed by atoms with van der Waals surface area (Å²) in [6, 6.07) is 5.49. The van der Waals surface area contributed by atoms with Gasteiger partial charge in [-0.05, 0) is 25.1 Å². The van der Waals surface area contributed by atoms with Gasteiger partial charge >= 0.3 is 11.9 Å². The lowest BCUT2D eigenvalue weighted by Crippen LogP contribution is -2.17. The number of methoxy groups -OCH3 is 4. The van der Waals surface area contributed by atoms with Crippen molar-refractivity contribution in [3.63, 3.8) is 0 Å². The summed E-state index contributed by atoms with van der Waals surface area (Å²) in [6.45, 7) is 2.67. The predicted molar refractivity (Wildman–Crippen MR) is 98.1 cm³/mol. The van der Waals surface area contributed by atoms with Crippen molar-refractivity contribution in [1.29, 1.82) is 0 Å². The number of carbonyl (C=O) groups excluding carboxylic acids is 2. The number of benzene rings is 1. The van der Waals surface area contributed by atoms with E-state index in [-0.39, 0.29) is 5.57 Å². The molecule has 0 aromatic heterocycles. The molecule has 8 heteroatoms. The quantitative estimate of drug-likeness (QED) is 0.178. The molecule has 26 heavy (non-hydrogen) atoms. The normalized spacial score (nSPS) is 10.6. The van der Waals surface area contributed by atoms with Crippen LogP contribution in [0.15, 0.2) is 34.8 Å². The molecule has 0 heterocycles. The second-order valence-corrected chi connectivity index (χ2v) is 5.06. The average Bonchev–Trinajstić information content (AvgIpc) is 2.67. The molecule has 0 atom stereocenters. The molecule has 0 unspecified atom stereocenters. The number of nitrogens with one attached hydrogen (secondary N) is 1. The Bertz CT molecular complexity index is 679. The van der Waals surface area contributed by atoms with E-state index < -0.39 is 11.9 Å². The van der Waals surface area contributed by atoms with Crippen LogP contribution >= 0.6 is 0 Å². The first-order valence-electron chi connectivity index (χ1n) is 7.82. The van der Waals surface area contributed by atoms with Gasteiger partial charge in [-0.2, -0.15) is 0 Å². The first-order valence-corrected chi connectivity index (χ1v) is 7.82. The van der Waals surface area contributed by atoms with E-state index in [1.54, 1.807) is 27.2 Å². The number of nitrogens with zero attached hydrogens (tertiary/aromatic N) is 1. The molecular formula is C18H24N2O6. The van der Waals surface area contributed by atoms with Gasteiger partial charge in [-0.25, -0.2) is 9.59 Å². The molecule has 142 valence electrons. The third-order valence-electron chi connectivity index (χ3n) is 3.35. The standard InChI is InChI=1S/C18H24N2O6/c1-12(10-14(17(21)25-4)18(22)26-5)19-8-9-20-13-6-7-15(23-2)16(11-13)24-3/h6-7,10-11,20H,8-9H2,1-5H3. The molecule has 0 saturated carbocycles. The second kappa shape index (κ2) is 10.8. The Morgan fingerprint density at radius 2 is 1.65 bits per heavy atom. The fraction of sp³-hybridized carbons (Fsp3) is 0.389. The third kappa shape index (κ3) is 6.12. The highest BCUT2D eigenvalue weighted by Crippen LogP contribution is 2.29. The fourth-order valence-electron chi connectivity index (χ4n) is 2.05. The molecule has 0 fully saturated rings. The van der Waals surface area contributed by atoms with Gasteiger partial charge in [0.25, 0.3) is 0 Å². The van der Waals surface area contributed by atoms with Crippen LogP contribution in [0.5, 0.6) is 11.5 Å². The second-order valence-electron chi connectivity index (χ2n) is 5.06. The van der Waals surface area contributed by atoms with Crippen molar-refractivity contribution in [3.8, 4) is 11.5 Å². The van der Waals surface area contributed by atoms with Crippen molar-refractivity contribution in [1.82, 2.24) is 0 Å². The van der Waals surface area contributed by atoms with Gasteiger partial charge in [0.1, 0.15) is 5.57 Å². The molecule has 0 radical (unpaired) electrons. The first kappa shape index (κ1) is 21.0. The highest BCUT2D eigenvalue weighted by atomic mass is 16.5. The number of allylic oxidation sites excluding steroid dienone is 1. The Balaban J connectivity index is 2.68. The largest absolute Gasteiger partial charge is 0.493 e. The number of hydrogen-bond donors (Lipinski definition) is 1. The lowest BCUT2D eigenvalue weighted by molar-refractivity contribution is -0.144. The molecule has 0 bridgehead atoms. The van der Waals surface area contributed by atoms with E-state index in [0.29, 0.717) is 30.3 Å². The van der Waals surface area contributed by atoms with Crippen LogP contribution in [-0.2, 0) is 19.1 Å². The van der Waals surface area contributed by atoms with Crippen LogP contribution in [0, 0.1) is 0 Å². The zero-order valence-corrected chi connectivity index (χ0v) is 15.6. The highest BCUT2D eigenvalue weighted by molar-refractivity contribution is 6.18. The van der Waals surface area contributed by atoms with Gasteiger partial charge in [-0.1, -0.05) is 0 Å². The number of aliphatic imine (C=N–C) groups is 1. The summed E-state index contributed by atoms with van der Waals surface area (Å²) < 4.78 is 19.6. The Morgan fingerprint density at radius 3 is 2.19 bits per heavy atom. The monoisotopic (exact) mass is 364 g/mol. The van der Waals surface area contributed by atoms with Gasteiger partial charge in [0.2, 0.25) is 0 Å². The lowest BCUT2D eigenvalue weighted by atomic mass is 10.2. The number of rotatable bonds is 9. The molecule has 1 aromatic rings. The molecule has 0 aliphatic heterocycles. The van der Waals surface area contributed by atoms with Crippen LogP contribution in [-0.4, -0.2) is 59.2 Å². The molecule has 8 nitrogen and oxygen atoms in total. The number of esters is 2. The average molecular weight is 364 g/mol. The summed E-state index contributed by atoms with van der Waals surface area (Å²) >= 11 is 0. The van der Waals surface area contributed by atoms with E-state index in [9.17, 15) is 9.59 Å². The number of hydrogen-bond acceptors (Lipinski definition) is 8. The Labute approximate surface area is 152 Å². The van der Waals surface area contributed by atoms with E-state index in [2.05, 4.69) is 19.8 Å². The van der Waals surface area contributed by atoms with Crippen molar-refractivity contribution in [2.45, 2.75) is 6.92 Å². The van der Waals surface area contributed by atoms with E-state index in [4.69, 9.17) is 9.47 Å². The van der Waals surface area contributed by atoms with E-state index >= 15 is 0 Å². The van der Waals surface area contributed by atoms with Crippen molar-refractivity contribution in [3.05, 3.63) is 29.8 Å². The molecule has 0 spiro atoms. The summed E-state index contributed by atoms with van der Waals surface area (Å²) in [5.74, 6) is -0.263. The zero-order chi connectivity index (χ0) is 19.5. The van der Waals surface area contributed by atoms with Crippen molar-refractivity contribution in [2.75, 3.05) is 46.8 Å². The summed E-state index contributed by atoms with van der Waals surface area (Å²) in [5, 5.41) is 3.20. The minimum atomic E-state index is -0.769. The van der Waals surface area contributed by atoms with Crippen LogP contribution in [0.25, 0.3) is 0 Å². The predicted octanol–water partition coefficient (Wildman–Crippen LogP) is 1.85. The molecule has 1 N–H and O–H groups in total. The van der Waals surface area contributed by atoms with Crippen molar-refractivity contribution >= 4 is 23.3 Å². The smallest absolute Gasteiger partial charge is 0.345 e. The Hall–Kier alpha value is -3.03. The molecule has 0 amide bonds. The van der Waals surface area contributed by atoms with Gasteiger partial charge in [0.05, 0.1) is 35.0 Å². The van der Waals surface area contributed by atoms with Crippen molar-refractivity contribution < 1.29 is 28.5 Å². The minimum Gasteiger partial charge on any atom is -0.493 e. The Kier molecular flexibility index (Phi) is 8.69. The SMILES string of the molecule is COC(=O)C(=CC(C)=NCCNc1ccc(OC)c(OC)c1)C(=O)OC. The number of ether oxygens (including phenoxy) is 4. The van der Waals surface area contributed by atoms with Gasteiger partial charge in [-0.15, -0.1) is 0 Å². The topological polar surface area (TPSA) is 95.5 Å². The molecule has 1 aromatic carbocycles. The van der Waals surface area contributed by atoms with E-state index in [0.717, 1.165) is 5.69 Å². The van der Waals surface area contributed by atoms with Gasteiger partial charge in [0, 0.05) is 24.0 Å². The fourth-order valence-corrected chi connectivity index (χ4v) is 2.05. The molecule has 0 aliphatic carbocycles. The van der Waals surface area contributed by atoms with Crippen LogP contribution < -0.4 is 14.8 Å². The minimum absolute atomic E-state index is 0.205. The maximum absolute atomic E-state index is 11.6. The summed E-state index contributed by atoms with van der Waals surface area (Å²) in [4.78, 5) is 27.5. The lowest BCUT2D eigenvalue weighted by Gasteiger charge is -2.10. The molecule has 0 saturated heterocycles. The summed E-state index contributed by atoms with van der Waals surface area (Å²) in [5.41, 5.74) is 1.16. The van der Waals surface area contributed by atoms with Crippen molar-refractivity contribution in [2.24, 2.45) is 4.99 Å². The number of carbonyl (C=O) groups is 2.